The van der Waals surface area contributed by atoms with E-state index in [2.05, 4.69) is 5.32 Å². The highest BCUT2D eigenvalue weighted by Crippen LogP contribution is 2.08. The number of carbonyl (C=O) groups is 3. The van der Waals surface area contributed by atoms with Gasteiger partial charge in [-0.15, -0.1) is 0 Å². The lowest BCUT2D eigenvalue weighted by molar-refractivity contribution is -0.143. The summed E-state index contributed by atoms with van der Waals surface area (Å²) in [5.41, 5.74) is 4.88. The first kappa shape index (κ1) is 10.3. The highest BCUT2D eigenvalue weighted by molar-refractivity contribution is 5.88. The van der Waals surface area contributed by atoms with E-state index in [4.69, 9.17) is 10.8 Å². The zero-order valence-corrected chi connectivity index (χ0v) is 7.40. The van der Waals surface area contributed by atoms with Crippen LogP contribution in [0.3, 0.4) is 0 Å². The van der Waals surface area contributed by atoms with Crippen LogP contribution in [0.4, 0.5) is 4.79 Å². The van der Waals surface area contributed by atoms with Crippen LogP contribution in [0.1, 0.15) is 6.42 Å². The Labute approximate surface area is 79.9 Å². The number of aliphatic carboxylic acids is 1. The van der Waals surface area contributed by atoms with Crippen molar-refractivity contribution in [2.75, 3.05) is 13.1 Å². The molecule has 7 nitrogen and oxygen atoms in total. The van der Waals surface area contributed by atoms with Crippen molar-refractivity contribution in [3.8, 4) is 0 Å². The highest BCUT2D eigenvalue weighted by Gasteiger charge is 2.33. The fraction of sp³-hybridized carbons (Fsp3) is 0.571. The SMILES string of the molecule is NC(=O)C[C@@H](C(=O)O)N1CCNC1=O. The van der Waals surface area contributed by atoms with Crippen molar-refractivity contribution >= 4 is 17.9 Å². The number of carbonyl (C=O) groups excluding carboxylic acids is 2. The van der Waals surface area contributed by atoms with Crippen molar-refractivity contribution in [3.05, 3.63) is 0 Å². The molecule has 1 rings (SSSR count). The fourth-order valence-corrected chi connectivity index (χ4v) is 1.31. The molecular formula is C7H11N3O4. The minimum atomic E-state index is -1.22. The Balaban J connectivity index is 2.71. The van der Waals surface area contributed by atoms with E-state index >= 15 is 0 Å². The van der Waals surface area contributed by atoms with Crippen LogP contribution in [-0.2, 0) is 9.59 Å². The number of nitrogens with two attached hydrogens (primary N) is 1. The lowest BCUT2D eigenvalue weighted by atomic mass is 10.2. The zero-order valence-electron chi connectivity index (χ0n) is 7.40. The van der Waals surface area contributed by atoms with E-state index in [1.54, 1.807) is 0 Å². The molecule has 0 radical (unpaired) electrons. The van der Waals surface area contributed by atoms with Gasteiger partial charge in [-0.3, -0.25) is 4.79 Å². The molecule has 0 aromatic rings. The maximum absolute atomic E-state index is 11.1. The summed E-state index contributed by atoms with van der Waals surface area (Å²) in [7, 11) is 0. The first-order chi connectivity index (χ1) is 6.52. The Bertz CT molecular complexity index is 278. The Hall–Kier alpha value is -1.79. The van der Waals surface area contributed by atoms with E-state index in [-0.39, 0.29) is 13.0 Å². The fourth-order valence-electron chi connectivity index (χ4n) is 1.31. The molecule has 1 aliphatic heterocycles. The normalized spacial score (nSPS) is 17.7. The van der Waals surface area contributed by atoms with E-state index in [9.17, 15) is 14.4 Å². The van der Waals surface area contributed by atoms with Gasteiger partial charge >= 0.3 is 12.0 Å². The number of amides is 3. The second-order valence-corrected chi connectivity index (χ2v) is 2.95. The maximum Gasteiger partial charge on any atom is 0.327 e. The third-order valence-corrected chi connectivity index (χ3v) is 1.95. The molecule has 1 heterocycles. The molecule has 0 unspecified atom stereocenters. The minimum absolute atomic E-state index is 0.281. The molecule has 0 aromatic carbocycles. The van der Waals surface area contributed by atoms with E-state index in [0.29, 0.717) is 6.54 Å². The summed E-state index contributed by atoms with van der Waals surface area (Å²) < 4.78 is 0. The molecule has 1 aliphatic rings. The van der Waals surface area contributed by atoms with Crippen LogP contribution in [0, 0.1) is 0 Å². The molecule has 0 bridgehead atoms. The lowest BCUT2D eigenvalue weighted by Crippen LogP contribution is -2.45. The number of carboxylic acids is 1. The average Bonchev–Trinajstić information content (AvgIpc) is 2.46. The van der Waals surface area contributed by atoms with Gasteiger partial charge < -0.3 is 21.1 Å². The third kappa shape index (κ3) is 2.12. The average molecular weight is 201 g/mol. The molecule has 14 heavy (non-hydrogen) atoms. The number of rotatable bonds is 4. The predicted octanol–water partition coefficient (Wildman–Crippen LogP) is -1.66. The molecular weight excluding hydrogens is 190 g/mol. The Morgan fingerprint density at radius 3 is 2.64 bits per heavy atom. The van der Waals surface area contributed by atoms with Crippen molar-refractivity contribution in [1.82, 2.24) is 10.2 Å². The number of carboxylic acid groups (broad SMARTS) is 1. The molecule has 78 valence electrons. The highest BCUT2D eigenvalue weighted by atomic mass is 16.4. The molecule has 3 amide bonds. The van der Waals surface area contributed by atoms with Gasteiger partial charge in [0.1, 0.15) is 6.04 Å². The van der Waals surface area contributed by atoms with Gasteiger partial charge in [-0.1, -0.05) is 0 Å². The number of hydrogen-bond acceptors (Lipinski definition) is 3. The van der Waals surface area contributed by atoms with Crippen LogP contribution >= 0.6 is 0 Å². The molecule has 1 saturated heterocycles. The van der Waals surface area contributed by atoms with Crippen molar-refractivity contribution in [2.45, 2.75) is 12.5 Å². The first-order valence-electron chi connectivity index (χ1n) is 4.08. The van der Waals surface area contributed by atoms with Crippen LogP contribution < -0.4 is 11.1 Å². The van der Waals surface area contributed by atoms with Crippen LogP contribution in [0.15, 0.2) is 0 Å². The van der Waals surface area contributed by atoms with Crippen molar-refractivity contribution in [3.63, 3.8) is 0 Å². The first-order valence-corrected chi connectivity index (χ1v) is 4.08. The van der Waals surface area contributed by atoms with Crippen LogP contribution in [0.25, 0.3) is 0 Å². The summed E-state index contributed by atoms with van der Waals surface area (Å²) in [6.07, 6.45) is -0.358. The summed E-state index contributed by atoms with van der Waals surface area (Å²) in [4.78, 5) is 33.5. The standard InChI is InChI=1S/C7H11N3O4/c8-5(11)3-4(6(12)13)10-2-1-9-7(10)14/h4H,1-3H2,(H2,8,11)(H,9,14)(H,12,13)/t4-/m0/s1. The molecule has 0 aliphatic carbocycles. The number of urea groups is 1. The largest absolute Gasteiger partial charge is 0.480 e. The van der Waals surface area contributed by atoms with Crippen molar-refractivity contribution < 1.29 is 19.5 Å². The Kier molecular flexibility index (Phi) is 2.90. The van der Waals surface area contributed by atoms with Gasteiger partial charge in [-0.2, -0.15) is 0 Å². The summed E-state index contributed by atoms with van der Waals surface area (Å²) >= 11 is 0. The number of nitrogens with zero attached hydrogens (tertiary/aromatic N) is 1. The molecule has 0 saturated carbocycles. The monoisotopic (exact) mass is 201 g/mol. The quantitative estimate of drug-likeness (QED) is 0.505. The second-order valence-electron chi connectivity index (χ2n) is 2.95. The topological polar surface area (TPSA) is 113 Å². The van der Waals surface area contributed by atoms with E-state index in [0.717, 1.165) is 4.90 Å². The second kappa shape index (κ2) is 3.95. The Morgan fingerprint density at radius 2 is 2.29 bits per heavy atom. The number of nitrogens with one attached hydrogen (secondary N) is 1. The van der Waals surface area contributed by atoms with Crippen LogP contribution in [0.5, 0.6) is 0 Å². The maximum atomic E-state index is 11.1. The van der Waals surface area contributed by atoms with Crippen molar-refractivity contribution in [2.24, 2.45) is 5.73 Å². The Morgan fingerprint density at radius 1 is 1.64 bits per heavy atom. The summed E-state index contributed by atoms with van der Waals surface area (Å²) in [6.45, 7) is 0.671. The van der Waals surface area contributed by atoms with E-state index < -0.39 is 23.9 Å². The third-order valence-electron chi connectivity index (χ3n) is 1.95. The summed E-state index contributed by atoms with van der Waals surface area (Å²) in [5.74, 6) is -1.96. The molecule has 7 heteroatoms. The summed E-state index contributed by atoms with van der Waals surface area (Å²) in [5, 5.41) is 11.2. The van der Waals surface area contributed by atoms with Gasteiger partial charge in [-0.25, -0.2) is 9.59 Å². The van der Waals surface area contributed by atoms with Gasteiger partial charge in [0.25, 0.3) is 0 Å². The number of primary amides is 1. The predicted molar refractivity (Wildman–Crippen MR) is 45.3 cm³/mol. The van der Waals surface area contributed by atoms with Crippen molar-refractivity contribution in [1.29, 1.82) is 0 Å². The molecule has 0 spiro atoms. The minimum Gasteiger partial charge on any atom is -0.480 e. The van der Waals surface area contributed by atoms with Gasteiger partial charge in [0.2, 0.25) is 5.91 Å². The van der Waals surface area contributed by atoms with Gasteiger partial charge in [-0.05, 0) is 0 Å². The number of hydrogen-bond donors (Lipinski definition) is 3. The molecule has 1 fully saturated rings. The van der Waals surface area contributed by atoms with Gasteiger partial charge in [0, 0.05) is 13.1 Å². The van der Waals surface area contributed by atoms with E-state index in [1.807, 2.05) is 0 Å². The molecule has 1 atom stereocenters. The van der Waals surface area contributed by atoms with Crippen LogP contribution in [-0.4, -0.2) is 47.0 Å². The van der Waals surface area contributed by atoms with Crippen LogP contribution in [0.2, 0.25) is 0 Å². The zero-order chi connectivity index (χ0) is 10.7. The smallest absolute Gasteiger partial charge is 0.327 e. The van der Waals surface area contributed by atoms with Gasteiger partial charge in [0.05, 0.1) is 6.42 Å². The van der Waals surface area contributed by atoms with Gasteiger partial charge in [0.15, 0.2) is 0 Å². The molecule has 4 N–H and O–H groups in total. The van der Waals surface area contributed by atoms with E-state index in [1.165, 1.54) is 0 Å². The summed E-state index contributed by atoms with van der Waals surface area (Å²) in [6, 6.07) is -1.63. The molecule has 0 aromatic heterocycles. The lowest BCUT2D eigenvalue weighted by Gasteiger charge is -2.21.